The molecule has 3 atom stereocenters. The summed E-state index contributed by atoms with van der Waals surface area (Å²) in [6, 6.07) is 7.14. The van der Waals surface area contributed by atoms with E-state index in [2.05, 4.69) is 5.32 Å². The van der Waals surface area contributed by atoms with Gasteiger partial charge in [-0.1, -0.05) is 18.2 Å². The van der Waals surface area contributed by atoms with Crippen LogP contribution in [0.5, 0.6) is 5.75 Å². The van der Waals surface area contributed by atoms with Gasteiger partial charge in [-0.2, -0.15) is 0 Å². The number of carboxylic acids is 1. The Bertz CT molecular complexity index is 684. The molecule has 2 amide bonds. The molecule has 3 rings (SSSR count). The molecule has 1 aromatic rings. The first-order valence-corrected chi connectivity index (χ1v) is 8.37. The maximum Gasteiger partial charge on any atom is 1.00 e. The number of amides is 2. The van der Waals surface area contributed by atoms with Crippen molar-refractivity contribution in [2.75, 3.05) is 6.61 Å². The summed E-state index contributed by atoms with van der Waals surface area (Å²) in [6.45, 7) is 3.29. The molecule has 0 bridgehead atoms. The number of carbonyl (C=O) groups excluding carboxylic acids is 3. The number of aliphatic carboxylic acids is 1. The average molecular weight is 372 g/mol. The van der Waals surface area contributed by atoms with Crippen molar-refractivity contribution in [3.63, 3.8) is 0 Å². The predicted octanol–water partition coefficient (Wildman–Crippen LogP) is -3.63. The number of nitrogens with zero attached hydrogens (tertiary/aromatic N) is 1. The topological polar surface area (TPSA) is 98.8 Å². The summed E-state index contributed by atoms with van der Waals surface area (Å²) in [7, 11) is 0. The van der Waals surface area contributed by atoms with Gasteiger partial charge in [0.2, 0.25) is 5.91 Å². The molecule has 7 nitrogen and oxygen atoms in total. The van der Waals surface area contributed by atoms with Gasteiger partial charge < -0.3 is 24.9 Å². The standard InChI is InChI=1S/C16H18N2O5S.Na/c1-16(2)12(15(21)22)18-13(20)11(14(18)24-16)17-10(19)8-23-9-6-4-3-5-7-9;/h3-7,11-12,14H,8H2,1-2H3,(H,17,19)(H,21,22);/q;+1/p-1/t11?,12-,14+;/m0./s1. The van der Waals surface area contributed by atoms with Crippen molar-refractivity contribution < 1.29 is 53.8 Å². The Morgan fingerprint density at radius 1 is 1.32 bits per heavy atom. The number of rotatable bonds is 5. The van der Waals surface area contributed by atoms with Crippen LogP contribution in [0.15, 0.2) is 30.3 Å². The number of ether oxygens (including phenoxy) is 1. The maximum atomic E-state index is 12.2. The molecular weight excluding hydrogens is 355 g/mol. The Morgan fingerprint density at radius 3 is 2.56 bits per heavy atom. The number of hydrogen-bond acceptors (Lipinski definition) is 6. The fourth-order valence-electron chi connectivity index (χ4n) is 3.01. The Labute approximate surface area is 171 Å². The van der Waals surface area contributed by atoms with Crippen molar-refractivity contribution in [1.82, 2.24) is 10.2 Å². The van der Waals surface area contributed by atoms with Crippen LogP contribution in [-0.4, -0.2) is 51.5 Å². The van der Waals surface area contributed by atoms with E-state index in [1.54, 1.807) is 38.1 Å². The van der Waals surface area contributed by atoms with Crippen LogP contribution in [0.25, 0.3) is 0 Å². The molecule has 2 aliphatic rings. The van der Waals surface area contributed by atoms with Gasteiger partial charge in [-0.15, -0.1) is 11.8 Å². The molecule has 0 radical (unpaired) electrons. The zero-order chi connectivity index (χ0) is 17.5. The smallest absolute Gasteiger partial charge is 0.548 e. The van der Waals surface area contributed by atoms with Crippen LogP contribution in [0.3, 0.4) is 0 Å². The van der Waals surface area contributed by atoms with Crippen molar-refractivity contribution in [1.29, 1.82) is 0 Å². The van der Waals surface area contributed by atoms with Crippen LogP contribution in [0.1, 0.15) is 13.8 Å². The Balaban J connectivity index is 0.00000225. The summed E-state index contributed by atoms with van der Waals surface area (Å²) < 4.78 is 4.67. The maximum absolute atomic E-state index is 12.2. The van der Waals surface area contributed by atoms with Gasteiger partial charge in [0.1, 0.15) is 17.2 Å². The number of benzene rings is 1. The molecule has 0 aromatic heterocycles. The molecule has 0 saturated carbocycles. The van der Waals surface area contributed by atoms with Gasteiger partial charge in [-0.3, -0.25) is 9.59 Å². The third kappa shape index (κ3) is 3.81. The molecule has 2 saturated heterocycles. The fourth-order valence-corrected chi connectivity index (χ4v) is 4.63. The summed E-state index contributed by atoms with van der Waals surface area (Å²) in [5, 5.41) is 13.5. The molecule has 0 aliphatic carbocycles. The molecule has 2 fully saturated rings. The molecule has 2 aliphatic heterocycles. The number of nitrogens with one attached hydrogen (secondary N) is 1. The quantitative estimate of drug-likeness (QED) is 0.423. The van der Waals surface area contributed by atoms with Gasteiger partial charge in [0.05, 0.1) is 12.0 Å². The number of para-hydroxylation sites is 1. The number of carboxylic acid groups (broad SMARTS) is 1. The Morgan fingerprint density at radius 2 is 1.96 bits per heavy atom. The van der Waals surface area contributed by atoms with E-state index in [9.17, 15) is 19.5 Å². The number of β-lactam (4-membered cyclic amide) rings is 1. The molecular formula is C16H17N2NaO5S. The van der Waals surface area contributed by atoms with Crippen LogP contribution in [0, 0.1) is 0 Å². The Hall–Kier alpha value is -1.22. The van der Waals surface area contributed by atoms with Gasteiger partial charge in [-0.25, -0.2) is 0 Å². The fraction of sp³-hybridized carbons (Fsp3) is 0.438. The van der Waals surface area contributed by atoms with Gasteiger partial charge in [-0.05, 0) is 26.0 Å². The van der Waals surface area contributed by atoms with Crippen molar-refractivity contribution in [3.05, 3.63) is 30.3 Å². The van der Waals surface area contributed by atoms with E-state index in [0.29, 0.717) is 5.75 Å². The zero-order valence-corrected chi connectivity index (χ0v) is 17.0. The van der Waals surface area contributed by atoms with E-state index in [1.165, 1.54) is 16.7 Å². The van der Waals surface area contributed by atoms with E-state index in [4.69, 9.17) is 4.74 Å². The summed E-state index contributed by atoms with van der Waals surface area (Å²) in [5.41, 5.74) is 0. The second kappa shape index (κ2) is 7.57. The zero-order valence-electron chi connectivity index (χ0n) is 14.2. The molecule has 1 unspecified atom stereocenters. The number of fused-ring (bicyclic) bond motifs is 1. The third-order valence-electron chi connectivity index (χ3n) is 4.09. The summed E-state index contributed by atoms with van der Waals surface area (Å²) in [5.74, 6) is -1.55. The molecule has 0 spiro atoms. The van der Waals surface area contributed by atoms with Gasteiger partial charge >= 0.3 is 29.6 Å². The van der Waals surface area contributed by atoms with Gasteiger partial charge in [0.25, 0.3) is 5.91 Å². The molecule has 25 heavy (non-hydrogen) atoms. The SMILES string of the molecule is CC1(C)S[C@@H]2C(NC(=O)COc3ccccc3)C(=O)N2[C@H]1C(=O)[O-].[Na+]. The first-order chi connectivity index (χ1) is 11.3. The second-order valence-corrected chi connectivity index (χ2v) is 8.00. The van der Waals surface area contributed by atoms with Crippen LogP contribution in [0.4, 0.5) is 0 Å². The number of hydrogen-bond donors (Lipinski definition) is 1. The predicted molar refractivity (Wildman–Crippen MR) is 85.0 cm³/mol. The number of thioether (sulfide) groups is 1. The molecule has 2 heterocycles. The van der Waals surface area contributed by atoms with E-state index in [-0.39, 0.29) is 36.2 Å². The van der Waals surface area contributed by atoms with Crippen molar-refractivity contribution in [2.24, 2.45) is 0 Å². The molecule has 9 heteroatoms. The minimum atomic E-state index is -1.28. The monoisotopic (exact) mass is 372 g/mol. The van der Waals surface area contributed by atoms with E-state index >= 15 is 0 Å². The summed E-state index contributed by atoms with van der Waals surface area (Å²) >= 11 is 1.35. The van der Waals surface area contributed by atoms with Crippen LogP contribution >= 0.6 is 11.8 Å². The van der Waals surface area contributed by atoms with Crippen LogP contribution in [0.2, 0.25) is 0 Å². The van der Waals surface area contributed by atoms with E-state index < -0.39 is 40.0 Å². The van der Waals surface area contributed by atoms with Crippen molar-refractivity contribution in [2.45, 2.75) is 36.1 Å². The molecule has 128 valence electrons. The van der Waals surface area contributed by atoms with Crippen molar-refractivity contribution in [3.8, 4) is 5.75 Å². The molecule has 1 N–H and O–H groups in total. The van der Waals surface area contributed by atoms with Crippen LogP contribution < -0.4 is 44.7 Å². The normalized spacial score (nSPS) is 26.1. The largest absolute Gasteiger partial charge is 1.00 e. The average Bonchev–Trinajstić information content (AvgIpc) is 2.80. The minimum absolute atomic E-state index is 0. The van der Waals surface area contributed by atoms with E-state index in [0.717, 1.165) is 0 Å². The first kappa shape index (κ1) is 20.1. The first-order valence-electron chi connectivity index (χ1n) is 7.49. The third-order valence-corrected chi connectivity index (χ3v) is 5.67. The Kier molecular flexibility index (Phi) is 6.09. The molecule has 1 aromatic carbocycles. The minimum Gasteiger partial charge on any atom is -0.548 e. The summed E-state index contributed by atoms with van der Waals surface area (Å²) in [6.07, 6.45) is 0. The van der Waals surface area contributed by atoms with Gasteiger partial charge in [0.15, 0.2) is 6.61 Å². The van der Waals surface area contributed by atoms with E-state index in [1.807, 2.05) is 6.07 Å². The van der Waals surface area contributed by atoms with Gasteiger partial charge in [0, 0.05) is 4.75 Å². The second-order valence-electron chi connectivity index (χ2n) is 6.23. The number of carbonyl (C=O) groups is 3. The van der Waals surface area contributed by atoms with Crippen molar-refractivity contribution >= 4 is 29.5 Å². The van der Waals surface area contributed by atoms with Crippen LogP contribution in [-0.2, 0) is 14.4 Å². The summed E-state index contributed by atoms with van der Waals surface area (Å²) in [4.78, 5) is 36.8.